The highest BCUT2D eigenvalue weighted by Gasteiger charge is 2.26. The number of nitrogens with zero attached hydrogens (tertiary/aromatic N) is 4. The van der Waals surface area contributed by atoms with Crippen LogP contribution in [0.15, 0.2) is 42.5 Å². The Morgan fingerprint density at radius 3 is 2.40 bits per heavy atom. The van der Waals surface area contributed by atoms with Crippen LogP contribution < -0.4 is 20.9 Å². The van der Waals surface area contributed by atoms with Crippen molar-refractivity contribution in [3.05, 3.63) is 59.4 Å². The van der Waals surface area contributed by atoms with E-state index in [1.54, 1.807) is 24.6 Å². The number of hydrogen-bond donors (Lipinski definition) is 3. The highest BCUT2D eigenvalue weighted by Crippen LogP contribution is 2.28. The van der Waals surface area contributed by atoms with Crippen LogP contribution in [0.1, 0.15) is 30.8 Å². The molecule has 1 aliphatic heterocycles. The standard InChI is InChI=1S/C25H32FN7O.ClH/c1-17-5-7-19(8-6-17)33-23(15-21(31-33)25(3,4)16-26)30-24(34)29-20-9-10-22(28-18(20)2)32-13-11-27-12-14-32;/h5-10,15,27H,11-14,16H2,1-4H3,(H2,29,30,34);1H. The lowest BCUT2D eigenvalue weighted by Gasteiger charge is -2.28. The highest BCUT2D eigenvalue weighted by molar-refractivity contribution is 5.99. The van der Waals surface area contributed by atoms with Gasteiger partial charge in [-0.1, -0.05) is 31.5 Å². The van der Waals surface area contributed by atoms with E-state index < -0.39 is 18.1 Å². The molecule has 1 aliphatic rings. The smallest absolute Gasteiger partial charge is 0.324 e. The molecular weight excluding hydrogens is 469 g/mol. The normalized spacial score (nSPS) is 13.8. The first-order valence-electron chi connectivity index (χ1n) is 11.5. The van der Waals surface area contributed by atoms with E-state index in [2.05, 4.69) is 30.9 Å². The average Bonchev–Trinajstić information content (AvgIpc) is 3.26. The number of carbonyl (C=O) groups is 1. The Labute approximate surface area is 211 Å². The molecule has 10 heteroatoms. The fourth-order valence-corrected chi connectivity index (χ4v) is 3.77. The number of carbonyl (C=O) groups excluding carboxylic acids is 1. The van der Waals surface area contributed by atoms with Crippen molar-refractivity contribution < 1.29 is 9.18 Å². The zero-order valence-electron chi connectivity index (χ0n) is 20.6. The summed E-state index contributed by atoms with van der Waals surface area (Å²) in [6.07, 6.45) is 0. The molecule has 1 aromatic carbocycles. The van der Waals surface area contributed by atoms with Crippen LogP contribution >= 0.6 is 12.4 Å². The third-order valence-electron chi connectivity index (χ3n) is 6.02. The summed E-state index contributed by atoms with van der Waals surface area (Å²) in [5.41, 5.74) is 3.03. The molecule has 2 aromatic heterocycles. The Bertz CT molecular complexity index is 1160. The van der Waals surface area contributed by atoms with Crippen molar-refractivity contribution in [1.29, 1.82) is 0 Å². The third-order valence-corrected chi connectivity index (χ3v) is 6.02. The molecule has 0 bridgehead atoms. The van der Waals surface area contributed by atoms with E-state index in [1.165, 1.54) is 0 Å². The van der Waals surface area contributed by atoms with Gasteiger partial charge in [0.15, 0.2) is 0 Å². The number of benzene rings is 1. The molecule has 0 aliphatic carbocycles. The van der Waals surface area contributed by atoms with Crippen LogP contribution in [0.25, 0.3) is 5.69 Å². The SMILES string of the molecule is Cc1ccc(-n2nc(C(C)(C)CF)cc2NC(=O)Nc2ccc(N3CCNCC3)nc2C)cc1.Cl. The van der Waals surface area contributed by atoms with E-state index in [-0.39, 0.29) is 12.4 Å². The van der Waals surface area contributed by atoms with Gasteiger partial charge in [0.2, 0.25) is 0 Å². The summed E-state index contributed by atoms with van der Waals surface area (Å²) in [6.45, 7) is 10.5. The molecular formula is C25H33ClFN7O. The van der Waals surface area contributed by atoms with Gasteiger partial charge in [-0.25, -0.2) is 14.5 Å². The van der Waals surface area contributed by atoms with Gasteiger partial charge in [-0.05, 0) is 38.1 Å². The summed E-state index contributed by atoms with van der Waals surface area (Å²) in [5.74, 6) is 1.36. The second-order valence-corrected chi connectivity index (χ2v) is 9.30. The summed E-state index contributed by atoms with van der Waals surface area (Å²) in [6, 6.07) is 12.9. The van der Waals surface area contributed by atoms with Gasteiger partial charge >= 0.3 is 6.03 Å². The van der Waals surface area contributed by atoms with Gasteiger partial charge < -0.3 is 15.5 Å². The molecule has 0 atom stereocenters. The molecule has 1 saturated heterocycles. The number of aryl methyl sites for hydroxylation is 2. The van der Waals surface area contributed by atoms with Crippen molar-refractivity contribution in [3.63, 3.8) is 0 Å². The number of aromatic nitrogens is 3. The summed E-state index contributed by atoms with van der Waals surface area (Å²) in [5, 5.41) is 13.7. The molecule has 0 spiro atoms. The first-order chi connectivity index (χ1) is 16.3. The molecule has 8 nitrogen and oxygen atoms in total. The van der Waals surface area contributed by atoms with Gasteiger partial charge in [-0.2, -0.15) is 5.10 Å². The molecule has 0 radical (unpaired) electrons. The predicted octanol–water partition coefficient (Wildman–Crippen LogP) is 4.61. The molecule has 3 N–H and O–H groups in total. The van der Waals surface area contributed by atoms with E-state index in [4.69, 9.17) is 0 Å². The topological polar surface area (TPSA) is 87.1 Å². The van der Waals surface area contributed by atoms with Crippen LogP contribution in [0.4, 0.5) is 26.5 Å². The van der Waals surface area contributed by atoms with Crippen LogP contribution in [0.3, 0.4) is 0 Å². The monoisotopic (exact) mass is 501 g/mol. The molecule has 188 valence electrons. The summed E-state index contributed by atoms with van der Waals surface area (Å²) in [4.78, 5) is 19.8. The van der Waals surface area contributed by atoms with E-state index in [0.717, 1.165) is 48.9 Å². The fraction of sp³-hybridized carbons (Fsp3) is 0.400. The van der Waals surface area contributed by atoms with Crippen LogP contribution in [0.2, 0.25) is 0 Å². The number of alkyl halides is 1. The largest absolute Gasteiger partial charge is 0.354 e. The van der Waals surface area contributed by atoms with Gasteiger partial charge in [0.05, 0.1) is 22.8 Å². The second-order valence-electron chi connectivity index (χ2n) is 9.30. The second kappa shape index (κ2) is 11.0. The van der Waals surface area contributed by atoms with Crippen molar-refractivity contribution in [2.75, 3.05) is 48.4 Å². The van der Waals surface area contributed by atoms with Crippen molar-refractivity contribution in [3.8, 4) is 5.69 Å². The highest BCUT2D eigenvalue weighted by atomic mass is 35.5. The molecule has 35 heavy (non-hydrogen) atoms. The Balaban J connectivity index is 0.00000342. The zero-order valence-corrected chi connectivity index (χ0v) is 21.4. The number of rotatable bonds is 6. The van der Waals surface area contributed by atoms with Gasteiger partial charge in [-0.3, -0.25) is 9.71 Å². The van der Waals surface area contributed by atoms with E-state index in [1.807, 2.05) is 50.2 Å². The van der Waals surface area contributed by atoms with Crippen molar-refractivity contribution in [2.45, 2.75) is 33.1 Å². The molecule has 3 heterocycles. The number of anilines is 3. The minimum atomic E-state index is -0.775. The van der Waals surface area contributed by atoms with E-state index in [9.17, 15) is 9.18 Å². The number of amides is 2. The zero-order chi connectivity index (χ0) is 24.3. The molecule has 2 amide bonds. The number of halogens is 2. The minimum Gasteiger partial charge on any atom is -0.354 e. The molecule has 0 saturated carbocycles. The van der Waals surface area contributed by atoms with Crippen LogP contribution in [-0.4, -0.2) is 53.6 Å². The van der Waals surface area contributed by atoms with Crippen LogP contribution in [0, 0.1) is 13.8 Å². The van der Waals surface area contributed by atoms with Gasteiger partial charge in [-0.15, -0.1) is 12.4 Å². The quantitative estimate of drug-likeness (QED) is 0.459. The summed E-state index contributed by atoms with van der Waals surface area (Å²) >= 11 is 0. The number of hydrogen-bond acceptors (Lipinski definition) is 5. The van der Waals surface area contributed by atoms with E-state index in [0.29, 0.717) is 17.2 Å². The van der Waals surface area contributed by atoms with Gasteiger partial charge in [0, 0.05) is 37.7 Å². The lowest BCUT2D eigenvalue weighted by atomic mass is 9.91. The Hall–Kier alpha value is -3.17. The van der Waals surface area contributed by atoms with E-state index >= 15 is 0 Å². The van der Waals surface area contributed by atoms with Gasteiger partial charge in [0.1, 0.15) is 18.3 Å². The first-order valence-corrected chi connectivity index (χ1v) is 11.5. The predicted molar refractivity (Wildman–Crippen MR) is 141 cm³/mol. The lowest BCUT2D eigenvalue weighted by Crippen LogP contribution is -2.43. The number of nitrogens with one attached hydrogen (secondary N) is 3. The fourth-order valence-electron chi connectivity index (χ4n) is 3.77. The Morgan fingerprint density at radius 2 is 1.77 bits per heavy atom. The number of pyridine rings is 1. The minimum absolute atomic E-state index is 0. The van der Waals surface area contributed by atoms with Crippen LogP contribution in [0.5, 0.6) is 0 Å². The maximum atomic E-state index is 13.7. The first kappa shape index (κ1) is 26.4. The van der Waals surface area contributed by atoms with Gasteiger partial charge in [0.25, 0.3) is 0 Å². The average molecular weight is 502 g/mol. The maximum absolute atomic E-state index is 13.7. The molecule has 1 fully saturated rings. The Morgan fingerprint density at radius 1 is 1.09 bits per heavy atom. The summed E-state index contributed by atoms with van der Waals surface area (Å²) in [7, 11) is 0. The maximum Gasteiger partial charge on any atom is 0.324 e. The van der Waals surface area contributed by atoms with Crippen molar-refractivity contribution in [1.82, 2.24) is 20.1 Å². The number of urea groups is 1. The molecule has 3 aromatic rings. The van der Waals surface area contributed by atoms with Crippen LogP contribution in [-0.2, 0) is 5.41 Å². The summed E-state index contributed by atoms with van der Waals surface area (Å²) < 4.78 is 15.3. The molecule has 4 rings (SSSR count). The van der Waals surface area contributed by atoms with Crippen molar-refractivity contribution >= 4 is 35.8 Å². The molecule has 0 unspecified atom stereocenters. The third kappa shape index (κ3) is 6.10. The van der Waals surface area contributed by atoms with Crippen molar-refractivity contribution in [2.24, 2.45) is 0 Å². The number of piperazine rings is 1. The Kier molecular flexibility index (Phi) is 8.34. The lowest BCUT2D eigenvalue weighted by molar-refractivity contribution is 0.262.